The number of hydrogen-bond acceptors (Lipinski definition) is 7. The first-order chi connectivity index (χ1) is 7.69. The van der Waals surface area contributed by atoms with Gasteiger partial charge >= 0.3 is 0 Å². The van der Waals surface area contributed by atoms with Crippen molar-refractivity contribution in [1.29, 1.82) is 0 Å². The predicted octanol–water partition coefficient (Wildman–Crippen LogP) is -0.168. The maximum absolute atomic E-state index is 8.60. The number of aliphatic hydroxyl groups is 2. The van der Waals surface area contributed by atoms with Crippen LogP contribution in [0, 0.1) is 0 Å². The normalized spacial score (nSPS) is 9.00. The van der Waals surface area contributed by atoms with Crippen molar-refractivity contribution in [3.8, 4) is 11.8 Å². The topological polar surface area (TPSA) is 124 Å². The Balaban J connectivity index is 0. The summed E-state index contributed by atoms with van der Waals surface area (Å²) in [6, 6.07) is 1.45. The molecule has 0 saturated carbocycles. The van der Waals surface area contributed by atoms with Crippen molar-refractivity contribution < 1.29 is 19.7 Å². The lowest BCUT2D eigenvalue weighted by molar-refractivity contribution is 0.186. The average molecular weight is 302 g/mol. The molecule has 9 heteroatoms. The minimum atomic E-state index is -0.141. The highest BCUT2D eigenvalue weighted by Gasteiger charge is 2.09. The molecule has 0 spiro atoms. The summed E-state index contributed by atoms with van der Waals surface area (Å²) in [5, 5.41) is 17.2. The molecule has 18 heavy (non-hydrogen) atoms. The second kappa shape index (κ2) is 9.84. The van der Waals surface area contributed by atoms with E-state index < -0.39 is 0 Å². The van der Waals surface area contributed by atoms with Gasteiger partial charge in [-0.1, -0.05) is 0 Å². The maximum atomic E-state index is 8.60. The number of nitrogens with zero attached hydrogens (tertiary/aromatic N) is 1. The number of aromatic nitrogens is 1. The molecule has 1 aromatic rings. The van der Waals surface area contributed by atoms with Crippen LogP contribution in [0.25, 0.3) is 0 Å². The van der Waals surface area contributed by atoms with E-state index in [4.69, 9.17) is 31.2 Å². The van der Waals surface area contributed by atoms with E-state index in [9.17, 15) is 0 Å². The molecule has 0 amide bonds. The number of pyridine rings is 1. The van der Waals surface area contributed by atoms with E-state index in [-0.39, 0.29) is 74.4 Å². The molecule has 6 N–H and O–H groups in total. The Morgan fingerprint density at radius 2 is 1.33 bits per heavy atom. The van der Waals surface area contributed by atoms with Gasteiger partial charge in [0.05, 0.1) is 24.6 Å². The third-order valence-electron chi connectivity index (χ3n) is 1.67. The van der Waals surface area contributed by atoms with Crippen molar-refractivity contribution in [3.63, 3.8) is 0 Å². The Morgan fingerprint density at radius 3 is 1.67 bits per heavy atom. The maximum Gasteiger partial charge on any atom is 0.240 e. The van der Waals surface area contributed by atoms with Gasteiger partial charge in [0.25, 0.3) is 0 Å². The van der Waals surface area contributed by atoms with Gasteiger partial charge in [0.15, 0.2) is 0 Å². The van der Waals surface area contributed by atoms with Gasteiger partial charge in [-0.15, -0.1) is 24.8 Å². The summed E-state index contributed by atoms with van der Waals surface area (Å²) in [6.45, 7) is -0.113. The summed E-state index contributed by atoms with van der Waals surface area (Å²) in [7, 11) is 0. The minimum Gasteiger partial charge on any atom is -0.474 e. The summed E-state index contributed by atoms with van der Waals surface area (Å²) < 4.78 is 10.2. The van der Waals surface area contributed by atoms with Crippen LogP contribution in [0.15, 0.2) is 6.07 Å². The fourth-order valence-electron chi connectivity index (χ4n) is 1.03. The van der Waals surface area contributed by atoms with Gasteiger partial charge in [-0.2, -0.15) is 4.98 Å². The van der Waals surface area contributed by atoms with Crippen molar-refractivity contribution in [3.05, 3.63) is 6.07 Å². The molecule has 0 aliphatic carbocycles. The molecule has 0 unspecified atom stereocenters. The van der Waals surface area contributed by atoms with Crippen LogP contribution in [-0.4, -0.2) is 41.6 Å². The Morgan fingerprint density at radius 1 is 0.944 bits per heavy atom. The Kier molecular flexibility index (Phi) is 10.5. The lowest BCUT2D eigenvalue weighted by Crippen LogP contribution is -2.10. The van der Waals surface area contributed by atoms with E-state index in [1.807, 2.05) is 0 Å². The fraction of sp³-hybridized carbons (Fsp3) is 0.444. The van der Waals surface area contributed by atoms with Crippen molar-refractivity contribution in [2.75, 3.05) is 37.9 Å². The molecule has 0 fully saturated rings. The summed E-state index contributed by atoms with van der Waals surface area (Å²) >= 11 is 0. The monoisotopic (exact) mass is 301 g/mol. The quantitative estimate of drug-likeness (QED) is 0.575. The molecule has 0 aliphatic rings. The number of hydrogen-bond donors (Lipinski definition) is 4. The second-order valence-electron chi connectivity index (χ2n) is 2.92. The van der Waals surface area contributed by atoms with Crippen LogP contribution in [0.2, 0.25) is 0 Å². The highest BCUT2D eigenvalue weighted by molar-refractivity contribution is 5.85. The van der Waals surface area contributed by atoms with Crippen molar-refractivity contribution in [1.82, 2.24) is 4.98 Å². The Bertz CT molecular complexity index is 326. The molecule has 0 aliphatic heterocycles. The summed E-state index contributed by atoms with van der Waals surface area (Å²) in [5.41, 5.74) is 11.7. The molecule has 0 radical (unpaired) electrons. The standard InChI is InChI=1S/C9H15N3O4.2ClH/c10-6-5-7(11)9(16-4-2-14)12-8(6)15-3-1-13;;/h5,13-14H,1-4,10-11H2;2*1H. The van der Waals surface area contributed by atoms with Crippen LogP contribution in [-0.2, 0) is 0 Å². The lowest BCUT2D eigenvalue weighted by Gasteiger charge is -2.11. The van der Waals surface area contributed by atoms with E-state index in [0.29, 0.717) is 0 Å². The predicted molar refractivity (Wildman–Crippen MR) is 72.7 cm³/mol. The molecule has 0 saturated heterocycles. The van der Waals surface area contributed by atoms with Crippen molar-refractivity contribution in [2.45, 2.75) is 0 Å². The summed E-state index contributed by atoms with van der Waals surface area (Å²) in [4.78, 5) is 3.93. The molecule has 106 valence electrons. The highest BCUT2D eigenvalue weighted by Crippen LogP contribution is 2.28. The van der Waals surface area contributed by atoms with Crippen molar-refractivity contribution in [2.24, 2.45) is 0 Å². The van der Waals surface area contributed by atoms with E-state index in [0.717, 1.165) is 0 Å². The first-order valence-corrected chi connectivity index (χ1v) is 4.72. The smallest absolute Gasteiger partial charge is 0.240 e. The summed E-state index contributed by atoms with van der Waals surface area (Å²) in [5.74, 6) is 0.298. The van der Waals surface area contributed by atoms with Gasteiger partial charge < -0.3 is 31.2 Å². The number of nitrogen functional groups attached to an aromatic ring is 2. The Hall–Kier alpha value is -1.15. The zero-order chi connectivity index (χ0) is 12.0. The molecule has 7 nitrogen and oxygen atoms in total. The number of halogens is 2. The number of nitrogens with two attached hydrogens (primary N) is 2. The summed E-state index contributed by atoms with van der Waals surface area (Å²) in [6.07, 6.45) is 0. The van der Waals surface area contributed by atoms with Gasteiger partial charge in [0.1, 0.15) is 13.2 Å². The first kappa shape index (κ1) is 19.2. The third-order valence-corrected chi connectivity index (χ3v) is 1.67. The van der Waals surface area contributed by atoms with Gasteiger partial charge in [0, 0.05) is 0 Å². The number of anilines is 2. The van der Waals surface area contributed by atoms with E-state index in [1.54, 1.807) is 0 Å². The zero-order valence-electron chi connectivity index (χ0n) is 9.54. The largest absolute Gasteiger partial charge is 0.474 e. The SMILES string of the molecule is Cl.Cl.Nc1cc(N)c(OCCO)nc1OCCO. The van der Waals surface area contributed by atoms with Crippen LogP contribution in [0.3, 0.4) is 0 Å². The van der Waals surface area contributed by atoms with E-state index in [1.165, 1.54) is 6.07 Å². The Labute approximate surface area is 117 Å². The second-order valence-corrected chi connectivity index (χ2v) is 2.92. The van der Waals surface area contributed by atoms with Gasteiger partial charge in [-0.25, -0.2) is 0 Å². The molecule has 0 aromatic carbocycles. The molecule has 1 aromatic heterocycles. The van der Waals surface area contributed by atoms with E-state index in [2.05, 4.69) is 4.98 Å². The van der Waals surface area contributed by atoms with Gasteiger partial charge in [0.2, 0.25) is 11.8 Å². The van der Waals surface area contributed by atoms with Gasteiger partial charge in [-0.3, -0.25) is 0 Å². The zero-order valence-corrected chi connectivity index (χ0v) is 11.2. The minimum absolute atomic E-state index is 0. The molecule has 0 bridgehead atoms. The van der Waals surface area contributed by atoms with Gasteiger partial charge in [-0.05, 0) is 6.07 Å². The molecular weight excluding hydrogens is 285 g/mol. The number of ether oxygens (including phenoxy) is 2. The van der Waals surface area contributed by atoms with Crippen LogP contribution in [0.1, 0.15) is 0 Å². The molecular formula is C9H17Cl2N3O4. The van der Waals surface area contributed by atoms with E-state index >= 15 is 0 Å². The first-order valence-electron chi connectivity index (χ1n) is 4.72. The van der Waals surface area contributed by atoms with Crippen LogP contribution in [0.4, 0.5) is 11.4 Å². The lowest BCUT2D eigenvalue weighted by atomic mass is 10.3. The third kappa shape index (κ3) is 5.46. The van der Waals surface area contributed by atoms with Crippen LogP contribution in [0.5, 0.6) is 11.8 Å². The number of rotatable bonds is 6. The average Bonchev–Trinajstić information content (AvgIpc) is 2.26. The molecule has 1 heterocycles. The molecule has 0 atom stereocenters. The highest BCUT2D eigenvalue weighted by atomic mass is 35.5. The molecule has 1 rings (SSSR count). The van der Waals surface area contributed by atoms with Crippen LogP contribution >= 0.6 is 24.8 Å². The number of aliphatic hydroxyl groups excluding tert-OH is 2. The fourth-order valence-corrected chi connectivity index (χ4v) is 1.03. The van der Waals surface area contributed by atoms with Crippen molar-refractivity contribution >= 4 is 36.2 Å². The van der Waals surface area contributed by atoms with Crippen LogP contribution < -0.4 is 20.9 Å².